The van der Waals surface area contributed by atoms with Crippen molar-refractivity contribution in [2.45, 2.75) is 0 Å². The molecule has 0 saturated carbocycles. The number of carbonyl (C=O) groups excluding carboxylic acids is 1. The van der Waals surface area contributed by atoms with Gasteiger partial charge in [0.1, 0.15) is 17.2 Å². The molecular formula is C25H22N4O3. The summed E-state index contributed by atoms with van der Waals surface area (Å²) in [6.45, 7) is 0. The van der Waals surface area contributed by atoms with E-state index in [-0.39, 0.29) is 0 Å². The van der Waals surface area contributed by atoms with Gasteiger partial charge in [-0.05, 0) is 35.4 Å². The maximum absolute atomic E-state index is 12.4. The van der Waals surface area contributed by atoms with Crippen LogP contribution in [0.4, 0.5) is 0 Å². The number of hydrazone groups is 1. The minimum atomic E-state index is -0.400. The van der Waals surface area contributed by atoms with Crippen molar-refractivity contribution in [2.75, 3.05) is 14.2 Å². The third-order valence-corrected chi connectivity index (χ3v) is 4.92. The molecule has 1 aromatic heterocycles. The molecule has 4 rings (SSSR count). The first-order chi connectivity index (χ1) is 15.7. The van der Waals surface area contributed by atoms with Gasteiger partial charge in [0.2, 0.25) is 0 Å². The quantitative estimate of drug-likeness (QED) is 0.336. The molecule has 0 bridgehead atoms. The van der Waals surface area contributed by atoms with Crippen LogP contribution in [-0.2, 0) is 0 Å². The Morgan fingerprint density at radius 3 is 2.34 bits per heavy atom. The van der Waals surface area contributed by atoms with Crippen LogP contribution in [0.15, 0.2) is 84.0 Å². The fourth-order valence-corrected chi connectivity index (χ4v) is 3.21. The summed E-state index contributed by atoms with van der Waals surface area (Å²) in [4.78, 5) is 12.4. The van der Waals surface area contributed by atoms with E-state index in [0.29, 0.717) is 28.5 Å². The SMILES string of the molecule is COc1ccc(OC)c(/C=N/NC(=O)c2cc(-c3ccc(-c4ccccc4)cc3)n[nH]2)c1. The Morgan fingerprint density at radius 1 is 0.906 bits per heavy atom. The molecule has 0 radical (unpaired) electrons. The van der Waals surface area contributed by atoms with Crippen molar-refractivity contribution in [3.63, 3.8) is 0 Å². The van der Waals surface area contributed by atoms with Crippen LogP contribution in [0, 0.1) is 0 Å². The summed E-state index contributed by atoms with van der Waals surface area (Å²) in [5.74, 6) is 0.879. The second-order valence-corrected chi connectivity index (χ2v) is 6.92. The van der Waals surface area contributed by atoms with Crippen molar-refractivity contribution in [3.8, 4) is 33.9 Å². The molecule has 1 heterocycles. The number of nitrogens with one attached hydrogen (secondary N) is 2. The fourth-order valence-electron chi connectivity index (χ4n) is 3.21. The van der Waals surface area contributed by atoms with Crippen LogP contribution >= 0.6 is 0 Å². The average Bonchev–Trinajstić information content (AvgIpc) is 3.35. The summed E-state index contributed by atoms with van der Waals surface area (Å²) >= 11 is 0. The maximum atomic E-state index is 12.4. The van der Waals surface area contributed by atoms with E-state index in [1.807, 2.05) is 42.5 Å². The molecule has 0 aliphatic rings. The molecule has 0 saturated heterocycles. The Bertz CT molecular complexity index is 1230. The lowest BCUT2D eigenvalue weighted by molar-refractivity contribution is 0.0950. The van der Waals surface area contributed by atoms with Gasteiger partial charge in [-0.3, -0.25) is 9.89 Å². The van der Waals surface area contributed by atoms with Crippen molar-refractivity contribution in [3.05, 3.63) is 90.1 Å². The fraction of sp³-hybridized carbons (Fsp3) is 0.0800. The van der Waals surface area contributed by atoms with Gasteiger partial charge in [0.05, 0.1) is 26.1 Å². The predicted molar refractivity (Wildman–Crippen MR) is 124 cm³/mol. The molecule has 1 amide bonds. The molecule has 3 aromatic carbocycles. The normalized spacial score (nSPS) is 10.8. The Balaban J connectivity index is 1.43. The minimum Gasteiger partial charge on any atom is -0.497 e. The van der Waals surface area contributed by atoms with Crippen LogP contribution in [0.2, 0.25) is 0 Å². The lowest BCUT2D eigenvalue weighted by Gasteiger charge is -2.06. The van der Waals surface area contributed by atoms with Crippen molar-refractivity contribution in [2.24, 2.45) is 5.10 Å². The van der Waals surface area contributed by atoms with Crippen LogP contribution < -0.4 is 14.9 Å². The maximum Gasteiger partial charge on any atom is 0.289 e. The molecule has 0 atom stereocenters. The van der Waals surface area contributed by atoms with E-state index in [2.05, 4.69) is 32.9 Å². The average molecular weight is 426 g/mol. The summed E-state index contributed by atoms with van der Waals surface area (Å²) < 4.78 is 10.5. The van der Waals surface area contributed by atoms with Crippen molar-refractivity contribution < 1.29 is 14.3 Å². The molecule has 0 fully saturated rings. The number of amides is 1. The Morgan fingerprint density at radius 2 is 1.62 bits per heavy atom. The molecule has 2 N–H and O–H groups in total. The number of hydrogen-bond donors (Lipinski definition) is 2. The topological polar surface area (TPSA) is 88.6 Å². The van der Waals surface area contributed by atoms with E-state index in [1.165, 1.54) is 6.21 Å². The number of benzene rings is 3. The largest absolute Gasteiger partial charge is 0.497 e. The molecular weight excluding hydrogens is 404 g/mol. The lowest BCUT2D eigenvalue weighted by Crippen LogP contribution is -2.18. The van der Waals surface area contributed by atoms with Gasteiger partial charge in [-0.1, -0.05) is 54.6 Å². The van der Waals surface area contributed by atoms with E-state index in [4.69, 9.17) is 9.47 Å². The first-order valence-electron chi connectivity index (χ1n) is 9.94. The number of nitrogens with zero attached hydrogens (tertiary/aromatic N) is 2. The molecule has 4 aromatic rings. The Kier molecular flexibility index (Phi) is 6.27. The highest BCUT2D eigenvalue weighted by Gasteiger charge is 2.11. The number of aromatic amines is 1. The van der Waals surface area contributed by atoms with Gasteiger partial charge in [-0.25, -0.2) is 5.43 Å². The van der Waals surface area contributed by atoms with Crippen molar-refractivity contribution in [1.82, 2.24) is 15.6 Å². The Hall–Kier alpha value is -4.39. The first kappa shape index (κ1) is 20.9. The third-order valence-electron chi connectivity index (χ3n) is 4.92. The third kappa shape index (κ3) is 4.67. The van der Waals surface area contributed by atoms with Gasteiger partial charge in [0.15, 0.2) is 0 Å². The molecule has 7 heteroatoms. The number of methoxy groups -OCH3 is 2. The minimum absolute atomic E-state index is 0.307. The summed E-state index contributed by atoms with van der Waals surface area (Å²) in [6, 6.07) is 25.2. The van der Waals surface area contributed by atoms with Crippen LogP contribution in [0.25, 0.3) is 22.4 Å². The van der Waals surface area contributed by atoms with Gasteiger partial charge in [0, 0.05) is 11.1 Å². The molecule has 0 spiro atoms. The summed E-state index contributed by atoms with van der Waals surface area (Å²) in [7, 11) is 3.14. The highest BCUT2D eigenvalue weighted by Crippen LogP contribution is 2.24. The van der Waals surface area contributed by atoms with Crippen LogP contribution in [0.5, 0.6) is 11.5 Å². The van der Waals surface area contributed by atoms with E-state index in [1.54, 1.807) is 38.5 Å². The zero-order valence-electron chi connectivity index (χ0n) is 17.7. The van der Waals surface area contributed by atoms with Gasteiger partial charge < -0.3 is 9.47 Å². The number of H-pyrrole nitrogens is 1. The van der Waals surface area contributed by atoms with E-state index < -0.39 is 5.91 Å². The summed E-state index contributed by atoms with van der Waals surface area (Å²) in [6.07, 6.45) is 1.50. The zero-order valence-corrected chi connectivity index (χ0v) is 17.7. The zero-order chi connectivity index (χ0) is 22.3. The van der Waals surface area contributed by atoms with Crippen LogP contribution in [0.3, 0.4) is 0 Å². The number of carbonyl (C=O) groups is 1. The number of aromatic nitrogens is 2. The van der Waals surface area contributed by atoms with Crippen molar-refractivity contribution in [1.29, 1.82) is 0 Å². The second-order valence-electron chi connectivity index (χ2n) is 6.92. The highest BCUT2D eigenvalue weighted by molar-refractivity contribution is 5.94. The predicted octanol–water partition coefficient (Wildman–Crippen LogP) is 4.52. The smallest absolute Gasteiger partial charge is 0.289 e. The molecule has 0 aliphatic carbocycles. The summed E-state index contributed by atoms with van der Waals surface area (Å²) in [5.41, 5.74) is 7.32. The van der Waals surface area contributed by atoms with Crippen LogP contribution in [-0.4, -0.2) is 36.5 Å². The van der Waals surface area contributed by atoms with Gasteiger partial charge >= 0.3 is 0 Å². The lowest BCUT2D eigenvalue weighted by atomic mass is 10.0. The molecule has 7 nitrogen and oxygen atoms in total. The van der Waals surface area contributed by atoms with Crippen LogP contribution in [0.1, 0.15) is 16.1 Å². The number of rotatable bonds is 7. The highest BCUT2D eigenvalue weighted by atomic mass is 16.5. The number of hydrogen-bond acceptors (Lipinski definition) is 5. The molecule has 32 heavy (non-hydrogen) atoms. The van der Waals surface area contributed by atoms with E-state index in [0.717, 1.165) is 16.7 Å². The Labute approximate surface area is 185 Å². The second kappa shape index (κ2) is 9.61. The molecule has 0 aliphatic heterocycles. The monoisotopic (exact) mass is 426 g/mol. The number of ether oxygens (including phenoxy) is 2. The van der Waals surface area contributed by atoms with Gasteiger partial charge in [-0.15, -0.1) is 0 Å². The standard InChI is InChI=1S/C25H22N4O3/c1-31-21-12-13-24(32-2)20(14-21)16-26-29-25(30)23-15-22(27-28-23)19-10-8-18(9-11-19)17-6-4-3-5-7-17/h3-16H,1-2H3,(H,27,28)(H,29,30)/b26-16+. The van der Waals surface area contributed by atoms with E-state index >= 15 is 0 Å². The summed E-state index contributed by atoms with van der Waals surface area (Å²) in [5, 5.41) is 11.0. The molecule has 160 valence electrons. The van der Waals surface area contributed by atoms with Gasteiger partial charge in [-0.2, -0.15) is 10.2 Å². The molecule has 0 unspecified atom stereocenters. The van der Waals surface area contributed by atoms with Crippen molar-refractivity contribution >= 4 is 12.1 Å². The first-order valence-corrected chi connectivity index (χ1v) is 9.94. The van der Waals surface area contributed by atoms with Gasteiger partial charge in [0.25, 0.3) is 5.91 Å². The van der Waals surface area contributed by atoms with E-state index in [9.17, 15) is 4.79 Å².